The van der Waals surface area contributed by atoms with Crippen LogP contribution in [0, 0.1) is 0 Å². The summed E-state index contributed by atoms with van der Waals surface area (Å²) >= 11 is 0. The quantitative estimate of drug-likeness (QED) is 0.404. The zero-order valence-electron chi connectivity index (χ0n) is 8.00. The molecule has 0 aliphatic carbocycles. The van der Waals surface area contributed by atoms with Crippen molar-refractivity contribution in [2.45, 2.75) is 6.18 Å². The van der Waals surface area contributed by atoms with E-state index in [-0.39, 0.29) is 11.5 Å². The molecule has 0 aromatic carbocycles. The van der Waals surface area contributed by atoms with E-state index in [4.69, 9.17) is 0 Å². The van der Waals surface area contributed by atoms with Crippen molar-refractivity contribution in [3.8, 4) is 0 Å². The Balaban J connectivity index is 4.20. The van der Waals surface area contributed by atoms with Crippen molar-refractivity contribution < 1.29 is 27.5 Å². The van der Waals surface area contributed by atoms with Gasteiger partial charge in [-0.25, -0.2) is 4.79 Å². The van der Waals surface area contributed by atoms with Gasteiger partial charge in [-0.3, -0.25) is 4.79 Å². The molecule has 0 unspecified atom stereocenters. The Labute approximate surface area is 84.3 Å². The van der Waals surface area contributed by atoms with Crippen LogP contribution in [0.5, 0.6) is 0 Å². The number of nitrogens with zero attached hydrogens (tertiary/aromatic N) is 1. The second-order valence-electron chi connectivity index (χ2n) is 2.66. The van der Waals surface area contributed by atoms with Crippen LogP contribution in [0.15, 0.2) is 12.7 Å². The Morgan fingerprint density at radius 3 is 2.40 bits per heavy atom. The highest BCUT2D eigenvalue weighted by atomic mass is 19.4. The number of hydrogen-bond donors (Lipinski definition) is 0. The van der Waals surface area contributed by atoms with Crippen molar-refractivity contribution >= 4 is 11.9 Å². The van der Waals surface area contributed by atoms with Crippen molar-refractivity contribution in [1.82, 2.24) is 4.90 Å². The molecule has 0 aliphatic rings. The second-order valence-corrected chi connectivity index (χ2v) is 2.66. The Morgan fingerprint density at radius 1 is 1.47 bits per heavy atom. The zero-order chi connectivity index (χ0) is 12.1. The highest BCUT2D eigenvalue weighted by Crippen LogP contribution is 2.15. The molecule has 0 spiro atoms. The summed E-state index contributed by atoms with van der Waals surface area (Å²) in [5, 5.41) is 0. The number of carbonyl (C=O) groups excluding carboxylic acids is 2. The van der Waals surface area contributed by atoms with E-state index in [1.807, 2.05) is 0 Å². The minimum absolute atomic E-state index is 0.218. The summed E-state index contributed by atoms with van der Waals surface area (Å²) in [6.45, 7) is 1.51. The molecule has 1 amide bonds. The summed E-state index contributed by atoms with van der Waals surface area (Å²) in [4.78, 5) is 22.0. The maximum absolute atomic E-state index is 11.8. The Kier molecular flexibility index (Phi) is 4.83. The number of hydrogen-bond acceptors (Lipinski definition) is 3. The van der Waals surface area contributed by atoms with E-state index in [2.05, 4.69) is 11.3 Å². The molecule has 0 atom stereocenters. The van der Waals surface area contributed by atoms with Crippen LogP contribution in [0.4, 0.5) is 13.2 Å². The molecule has 4 nitrogen and oxygen atoms in total. The number of rotatable bonds is 3. The molecule has 0 bridgehead atoms. The summed E-state index contributed by atoms with van der Waals surface area (Å²) < 4.78 is 39.7. The highest BCUT2D eigenvalue weighted by Gasteiger charge is 2.33. The number of halogens is 3. The number of likely N-dealkylation sites (N-methyl/N-ethyl adjacent to an activating group) is 1. The molecule has 7 heteroatoms. The van der Waals surface area contributed by atoms with Crippen molar-refractivity contribution in [3.05, 3.63) is 12.7 Å². The van der Waals surface area contributed by atoms with Gasteiger partial charge in [0.2, 0.25) is 0 Å². The first-order chi connectivity index (χ1) is 6.78. The van der Waals surface area contributed by atoms with Gasteiger partial charge in [0, 0.05) is 7.05 Å². The summed E-state index contributed by atoms with van der Waals surface area (Å²) in [5.41, 5.74) is 0. The number of ether oxygens (including phenoxy) is 1. The van der Waals surface area contributed by atoms with Crippen LogP contribution < -0.4 is 0 Å². The summed E-state index contributed by atoms with van der Waals surface area (Å²) in [6.07, 6.45) is -3.34. The second kappa shape index (κ2) is 5.38. The lowest BCUT2D eigenvalue weighted by molar-refractivity contribution is -0.169. The Morgan fingerprint density at radius 2 is 2.00 bits per heavy atom. The van der Waals surface area contributed by atoms with Crippen molar-refractivity contribution in [3.63, 3.8) is 0 Å². The van der Waals surface area contributed by atoms with Gasteiger partial charge >= 0.3 is 18.1 Å². The van der Waals surface area contributed by atoms with E-state index < -0.39 is 24.6 Å². The van der Waals surface area contributed by atoms with Crippen molar-refractivity contribution in [2.75, 3.05) is 20.2 Å². The lowest BCUT2D eigenvalue weighted by Gasteiger charge is -2.17. The SMILES string of the molecule is C=CCOC(=O)C(=O)N(C)CC(F)(F)F. The predicted octanol–water partition coefficient (Wildman–Crippen LogP) is 0.736. The van der Waals surface area contributed by atoms with Crippen LogP contribution in [0.2, 0.25) is 0 Å². The molecule has 0 N–H and O–H groups in total. The lowest BCUT2D eigenvalue weighted by Crippen LogP contribution is -2.40. The van der Waals surface area contributed by atoms with E-state index in [1.54, 1.807) is 0 Å². The Hall–Kier alpha value is -1.53. The predicted molar refractivity (Wildman–Crippen MR) is 44.8 cm³/mol. The van der Waals surface area contributed by atoms with E-state index >= 15 is 0 Å². The molecule has 0 rings (SSSR count). The van der Waals surface area contributed by atoms with Gasteiger partial charge in [-0.1, -0.05) is 12.7 Å². The lowest BCUT2D eigenvalue weighted by atomic mass is 10.5. The smallest absolute Gasteiger partial charge is 0.406 e. The summed E-state index contributed by atoms with van der Waals surface area (Å²) in [5.74, 6) is -2.67. The highest BCUT2D eigenvalue weighted by molar-refractivity contribution is 6.32. The monoisotopic (exact) mass is 225 g/mol. The first-order valence-corrected chi connectivity index (χ1v) is 3.88. The third kappa shape index (κ3) is 5.71. The van der Waals surface area contributed by atoms with Gasteiger partial charge in [0.15, 0.2) is 0 Å². The van der Waals surface area contributed by atoms with Gasteiger partial charge < -0.3 is 9.64 Å². The van der Waals surface area contributed by atoms with Crippen LogP contribution in [0.25, 0.3) is 0 Å². The first kappa shape index (κ1) is 13.5. The van der Waals surface area contributed by atoms with Gasteiger partial charge in [-0.15, -0.1) is 0 Å². The molecule has 0 fully saturated rings. The van der Waals surface area contributed by atoms with Gasteiger partial charge in [-0.05, 0) is 0 Å². The molecule has 0 aromatic heterocycles. The fraction of sp³-hybridized carbons (Fsp3) is 0.500. The first-order valence-electron chi connectivity index (χ1n) is 3.88. The summed E-state index contributed by atoms with van der Waals surface area (Å²) in [7, 11) is 0.866. The number of carbonyl (C=O) groups is 2. The van der Waals surface area contributed by atoms with Gasteiger partial charge in [0.25, 0.3) is 0 Å². The van der Waals surface area contributed by atoms with Crippen LogP contribution in [-0.2, 0) is 14.3 Å². The molecule has 0 radical (unpaired) electrons. The maximum Gasteiger partial charge on any atom is 0.406 e. The average molecular weight is 225 g/mol. The molecule has 15 heavy (non-hydrogen) atoms. The van der Waals surface area contributed by atoms with Crippen LogP contribution in [-0.4, -0.2) is 43.2 Å². The molecule has 0 aromatic rings. The van der Waals surface area contributed by atoms with Crippen molar-refractivity contribution in [2.24, 2.45) is 0 Å². The molecule has 0 aliphatic heterocycles. The molecule has 0 saturated heterocycles. The molecule has 0 heterocycles. The van der Waals surface area contributed by atoms with E-state index in [1.165, 1.54) is 6.08 Å². The zero-order valence-corrected chi connectivity index (χ0v) is 8.00. The topological polar surface area (TPSA) is 46.6 Å². The Bertz CT molecular complexity index is 262. The van der Waals surface area contributed by atoms with E-state index in [9.17, 15) is 22.8 Å². The number of amides is 1. The third-order valence-corrected chi connectivity index (χ3v) is 1.27. The van der Waals surface area contributed by atoms with E-state index in [0.29, 0.717) is 0 Å². The third-order valence-electron chi connectivity index (χ3n) is 1.27. The van der Waals surface area contributed by atoms with Crippen LogP contribution in [0.3, 0.4) is 0 Å². The maximum atomic E-state index is 11.8. The molecule has 0 saturated carbocycles. The number of alkyl halides is 3. The van der Waals surface area contributed by atoms with Gasteiger partial charge in [-0.2, -0.15) is 13.2 Å². The molecular weight excluding hydrogens is 215 g/mol. The van der Waals surface area contributed by atoms with Crippen molar-refractivity contribution in [1.29, 1.82) is 0 Å². The minimum Gasteiger partial charge on any atom is -0.454 e. The summed E-state index contributed by atoms with van der Waals surface area (Å²) in [6, 6.07) is 0. The largest absolute Gasteiger partial charge is 0.454 e. The average Bonchev–Trinajstić information content (AvgIpc) is 2.10. The standard InChI is InChI=1S/C8H10F3NO3/c1-3-4-15-7(14)6(13)12(2)5-8(9,10)11/h3H,1,4-5H2,2H3. The van der Waals surface area contributed by atoms with Crippen LogP contribution >= 0.6 is 0 Å². The minimum atomic E-state index is -4.54. The fourth-order valence-electron chi connectivity index (χ4n) is 0.693. The fourth-order valence-corrected chi connectivity index (χ4v) is 0.693. The number of esters is 1. The van der Waals surface area contributed by atoms with Crippen LogP contribution in [0.1, 0.15) is 0 Å². The molecule has 86 valence electrons. The molecular formula is C8H10F3NO3. The van der Waals surface area contributed by atoms with E-state index in [0.717, 1.165) is 7.05 Å². The van der Waals surface area contributed by atoms with Gasteiger partial charge in [0.1, 0.15) is 13.2 Å². The van der Waals surface area contributed by atoms with Gasteiger partial charge in [0.05, 0.1) is 0 Å². The normalized spacial score (nSPS) is 10.7.